The number of rotatable bonds is 6. The summed E-state index contributed by atoms with van der Waals surface area (Å²) in [7, 11) is 0. The summed E-state index contributed by atoms with van der Waals surface area (Å²) >= 11 is 5.78. The molecule has 0 aromatic heterocycles. The standard InChI is InChI=1S/C14H20ClNO2.ClH/c15-11-5-7-14(8-6-11)18-10-13(17)9-16-12-3-1-2-4-12;/h5-8,12-13,16-17H,1-4,9-10H2;1H/p-1. The molecule has 0 aliphatic heterocycles. The van der Waals surface area contributed by atoms with Crippen LogP contribution in [0, 0.1) is 0 Å². The Balaban J connectivity index is 0.00000180. The molecular weight excluding hydrogens is 285 g/mol. The molecule has 0 amide bonds. The average molecular weight is 305 g/mol. The second-order valence-electron chi connectivity index (χ2n) is 4.81. The first kappa shape index (κ1) is 16.6. The van der Waals surface area contributed by atoms with Crippen LogP contribution in [0.2, 0.25) is 5.02 Å². The largest absolute Gasteiger partial charge is 1.00 e. The van der Waals surface area contributed by atoms with Gasteiger partial charge in [-0.15, -0.1) is 0 Å². The maximum absolute atomic E-state index is 9.81. The van der Waals surface area contributed by atoms with Gasteiger partial charge in [-0.2, -0.15) is 0 Å². The third-order valence-electron chi connectivity index (χ3n) is 3.25. The van der Waals surface area contributed by atoms with Gasteiger partial charge in [-0.3, -0.25) is 0 Å². The Kier molecular flexibility index (Phi) is 7.54. The van der Waals surface area contributed by atoms with Crippen LogP contribution < -0.4 is 22.5 Å². The fraction of sp³-hybridized carbons (Fsp3) is 0.571. The normalized spacial score (nSPS) is 16.9. The zero-order valence-corrected chi connectivity index (χ0v) is 12.3. The van der Waals surface area contributed by atoms with Gasteiger partial charge >= 0.3 is 0 Å². The minimum Gasteiger partial charge on any atom is -1.00 e. The van der Waals surface area contributed by atoms with Crippen molar-refractivity contribution in [2.45, 2.75) is 37.8 Å². The molecule has 1 aliphatic rings. The van der Waals surface area contributed by atoms with Crippen LogP contribution in [0.3, 0.4) is 0 Å². The molecule has 1 atom stereocenters. The molecule has 5 heteroatoms. The fourth-order valence-electron chi connectivity index (χ4n) is 2.21. The van der Waals surface area contributed by atoms with E-state index in [2.05, 4.69) is 5.32 Å². The highest BCUT2D eigenvalue weighted by Crippen LogP contribution is 2.18. The second kappa shape index (κ2) is 8.64. The summed E-state index contributed by atoms with van der Waals surface area (Å²) in [5.41, 5.74) is 0. The highest BCUT2D eigenvalue weighted by Gasteiger charge is 2.15. The Morgan fingerprint density at radius 2 is 1.89 bits per heavy atom. The molecular formula is C14H20Cl2NO2-. The van der Waals surface area contributed by atoms with Crippen molar-refractivity contribution in [3.63, 3.8) is 0 Å². The van der Waals surface area contributed by atoms with Gasteiger partial charge in [-0.05, 0) is 37.1 Å². The van der Waals surface area contributed by atoms with E-state index >= 15 is 0 Å². The van der Waals surface area contributed by atoms with Gasteiger partial charge in [0.1, 0.15) is 18.5 Å². The monoisotopic (exact) mass is 304 g/mol. The Hall–Kier alpha value is -0.480. The summed E-state index contributed by atoms with van der Waals surface area (Å²) in [6.45, 7) is 0.902. The van der Waals surface area contributed by atoms with Crippen molar-refractivity contribution in [1.82, 2.24) is 5.32 Å². The molecule has 3 nitrogen and oxygen atoms in total. The number of hydrogen-bond acceptors (Lipinski definition) is 3. The van der Waals surface area contributed by atoms with E-state index in [-0.39, 0.29) is 12.4 Å². The summed E-state index contributed by atoms with van der Waals surface area (Å²) in [4.78, 5) is 0. The summed E-state index contributed by atoms with van der Waals surface area (Å²) in [5.74, 6) is 0.735. The molecule has 1 aromatic rings. The van der Waals surface area contributed by atoms with Crippen LogP contribution in [0.4, 0.5) is 0 Å². The molecule has 2 N–H and O–H groups in total. The van der Waals surface area contributed by atoms with Crippen LogP contribution in [-0.2, 0) is 0 Å². The minimum atomic E-state index is -0.471. The van der Waals surface area contributed by atoms with Gasteiger partial charge in [0.2, 0.25) is 0 Å². The Morgan fingerprint density at radius 1 is 1.26 bits per heavy atom. The van der Waals surface area contributed by atoms with Gasteiger partial charge in [0.15, 0.2) is 0 Å². The van der Waals surface area contributed by atoms with E-state index in [1.54, 1.807) is 24.3 Å². The van der Waals surface area contributed by atoms with E-state index in [9.17, 15) is 5.11 Å². The molecule has 0 saturated heterocycles. The molecule has 19 heavy (non-hydrogen) atoms. The number of benzene rings is 1. The maximum atomic E-state index is 9.81. The van der Waals surface area contributed by atoms with Crippen LogP contribution >= 0.6 is 11.6 Å². The van der Waals surface area contributed by atoms with Gasteiger partial charge in [0.25, 0.3) is 0 Å². The predicted octanol–water partition coefficient (Wildman–Crippen LogP) is -0.384. The van der Waals surface area contributed by atoms with Crippen LogP contribution in [0.15, 0.2) is 24.3 Å². The van der Waals surface area contributed by atoms with Gasteiger partial charge in [-0.1, -0.05) is 24.4 Å². The first-order valence-corrected chi connectivity index (χ1v) is 6.91. The zero-order valence-electron chi connectivity index (χ0n) is 10.8. The predicted molar refractivity (Wildman–Crippen MR) is 73.2 cm³/mol. The molecule has 2 rings (SSSR count). The van der Waals surface area contributed by atoms with Crippen molar-refractivity contribution < 1.29 is 22.3 Å². The summed E-state index contributed by atoms with van der Waals surface area (Å²) in [6, 6.07) is 7.74. The van der Waals surface area contributed by atoms with Gasteiger partial charge < -0.3 is 27.6 Å². The van der Waals surface area contributed by atoms with Crippen molar-refractivity contribution in [3.8, 4) is 5.75 Å². The fourth-order valence-corrected chi connectivity index (χ4v) is 2.34. The third kappa shape index (κ3) is 6.00. The molecule has 1 unspecified atom stereocenters. The van der Waals surface area contributed by atoms with E-state index < -0.39 is 6.10 Å². The number of hydrogen-bond donors (Lipinski definition) is 2. The summed E-state index contributed by atoms with van der Waals surface area (Å²) in [6.07, 6.45) is 4.58. The van der Waals surface area contributed by atoms with Crippen molar-refractivity contribution >= 4 is 11.6 Å². The number of halogens is 2. The zero-order chi connectivity index (χ0) is 12.8. The van der Waals surface area contributed by atoms with E-state index in [1.807, 2.05) is 0 Å². The first-order valence-electron chi connectivity index (χ1n) is 6.54. The van der Waals surface area contributed by atoms with Gasteiger partial charge in [-0.25, -0.2) is 0 Å². The second-order valence-corrected chi connectivity index (χ2v) is 5.24. The number of ether oxygens (including phenoxy) is 1. The van der Waals surface area contributed by atoms with Gasteiger partial charge in [0, 0.05) is 17.6 Å². The lowest BCUT2D eigenvalue weighted by atomic mass is 10.2. The van der Waals surface area contributed by atoms with E-state index in [0.717, 1.165) is 5.75 Å². The van der Waals surface area contributed by atoms with Crippen LogP contribution in [0.25, 0.3) is 0 Å². The lowest BCUT2D eigenvalue weighted by Gasteiger charge is -2.16. The topological polar surface area (TPSA) is 41.5 Å². The van der Waals surface area contributed by atoms with Crippen LogP contribution in [0.1, 0.15) is 25.7 Å². The molecule has 1 saturated carbocycles. The molecule has 0 radical (unpaired) electrons. The highest BCUT2D eigenvalue weighted by molar-refractivity contribution is 6.30. The number of aliphatic hydroxyl groups excluding tert-OH is 1. The summed E-state index contributed by atoms with van der Waals surface area (Å²) < 4.78 is 5.49. The number of nitrogens with one attached hydrogen (secondary N) is 1. The van der Waals surface area contributed by atoms with Crippen LogP contribution in [0.5, 0.6) is 5.75 Å². The maximum Gasteiger partial charge on any atom is 0.119 e. The van der Waals surface area contributed by atoms with Crippen LogP contribution in [-0.4, -0.2) is 30.4 Å². The van der Waals surface area contributed by atoms with Crippen molar-refractivity contribution in [3.05, 3.63) is 29.3 Å². The SMILES string of the molecule is OC(CNC1CCCC1)COc1ccc(Cl)cc1.[Cl-]. The Bertz CT molecular complexity index is 353. The van der Waals surface area contributed by atoms with E-state index in [4.69, 9.17) is 16.3 Å². The molecule has 0 heterocycles. The third-order valence-corrected chi connectivity index (χ3v) is 3.51. The summed E-state index contributed by atoms with van der Waals surface area (Å²) in [5, 5.41) is 13.9. The lowest BCUT2D eigenvalue weighted by molar-refractivity contribution is -0.00000543. The van der Waals surface area contributed by atoms with Crippen molar-refractivity contribution in [2.75, 3.05) is 13.2 Å². The highest BCUT2D eigenvalue weighted by atomic mass is 35.5. The minimum absolute atomic E-state index is 0. The Morgan fingerprint density at radius 3 is 2.53 bits per heavy atom. The van der Waals surface area contributed by atoms with E-state index in [1.165, 1.54) is 25.7 Å². The van der Waals surface area contributed by atoms with Crippen molar-refractivity contribution in [1.29, 1.82) is 0 Å². The number of aliphatic hydroxyl groups is 1. The molecule has 1 fully saturated rings. The quantitative estimate of drug-likeness (QED) is 0.753. The lowest BCUT2D eigenvalue weighted by Crippen LogP contribution is -3.00. The Labute approximate surface area is 125 Å². The molecule has 1 aromatic carbocycles. The smallest absolute Gasteiger partial charge is 0.119 e. The van der Waals surface area contributed by atoms with Gasteiger partial charge in [0.05, 0.1) is 0 Å². The molecule has 0 bridgehead atoms. The molecule has 108 valence electrons. The average Bonchev–Trinajstić information content (AvgIpc) is 2.89. The first-order chi connectivity index (χ1) is 8.74. The van der Waals surface area contributed by atoms with Crippen molar-refractivity contribution in [2.24, 2.45) is 0 Å². The molecule has 1 aliphatic carbocycles. The molecule has 0 spiro atoms. The van der Waals surface area contributed by atoms with E-state index in [0.29, 0.717) is 24.2 Å².